The maximum atomic E-state index is 12.6. The second-order valence-electron chi connectivity index (χ2n) is 10.6. The van der Waals surface area contributed by atoms with Crippen molar-refractivity contribution in [3.8, 4) is 17.2 Å². The number of rotatable bonds is 12. The van der Waals surface area contributed by atoms with Crippen molar-refractivity contribution < 1.29 is 27.5 Å². The van der Waals surface area contributed by atoms with Gasteiger partial charge in [-0.15, -0.1) is 3.82 Å². The lowest BCUT2D eigenvalue weighted by Crippen LogP contribution is -2.25. The van der Waals surface area contributed by atoms with Gasteiger partial charge in [-0.3, -0.25) is 14.9 Å². The fraction of sp³-hybridized carbons (Fsp3) is 0.182. The Balaban J connectivity index is 1.03. The molecule has 4 aromatic carbocycles. The van der Waals surface area contributed by atoms with Crippen LogP contribution in [0.3, 0.4) is 0 Å². The topological polar surface area (TPSA) is 120 Å². The second-order valence-corrected chi connectivity index (χ2v) is 14.2. The van der Waals surface area contributed by atoms with Crippen LogP contribution < -0.4 is 14.8 Å². The monoisotopic (exact) mass is 676 g/mol. The summed E-state index contributed by atoms with van der Waals surface area (Å²) < 4.78 is 40.2. The van der Waals surface area contributed by atoms with Crippen molar-refractivity contribution in [2.45, 2.75) is 29.6 Å². The Morgan fingerprint density at radius 1 is 0.913 bits per heavy atom. The van der Waals surface area contributed by atoms with Crippen LogP contribution in [0.4, 0.5) is 4.79 Å². The van der Waals surface area contributed by atoms with Crippen LogP contribution in [0.5, 0.6) is 17.2 Å². The summed E-state index contributed by atoms with van der Waals surface area (Å²) >= 11 is 7.15. The van der Waals surface area contributed by atoms with Gasteiger partial charge in [0.25, 0.3) is 15.3 Å². The highest BCUT2D eigenvalue weighted by atomic mass is 35.5. The van der Waals surface area contributed by atoms with Crippen LogP contribution in [0, 0.1) is 0 Å². The van der Waals surface area contributed by atoms with Gasteiger partial charge in [-0.1, -0.05) is 54.2 Å². The van der Waals surface area contributed by atoms with E-state index in [1.165, 1.54) is 12.1 Å². The first-order valence-corrected chi connectivity index (χ1v) is 17.0. The number of imide groups is 1. The molecule has 46 heavy (non-hydrogen) atoms. The molecule has 1 aliphatic rings. The first-order chi connectivity index (χ1) is 22.2. The molecule has 0 bridgehead atoms. The number of thioether (sulfide) groups is 1. The van der Waals surface area contributed by atoms with Crippen LogP contribution in [0.15, 0.2) is 102 Å². The minimum Gasteiger partial charge on any atom is -0.486 e. The van der Waals surface area contributed by atoms with Crippen LogP contribution in [-0.2, 0) is 41.3 Å². The van der Waals surface area contributed by atoms with Gasteiger partial charge in [-0.2, -0.15) is 0 Å². The zero-order chi connectivity index (χ0) is 32.3. The number of carbonyl (C=O) groups is 2. The van der Waals surface area contributed by atoms with Gasteiger partial charge in [0.2, 0.25) is 5.91 Å². The van der Waals surface area contributed by atoms with Gasteiger partial charge in [0.15, 0.2) is 0 Å². The summed E-state index contributed by atoms with van der Waals surface area (Å²) in [6, 6.07) is 28.6. The zero-order valence-corrected chi connectivity index (χ0v) is 27.0. The van der Waals surface area contributed by atoms with Crippen LogP contribution >= 0.6 is 23.5 Å². The minimum absolute atomic E-state index is 0.121. The number of nitrogens with one attached hydrogen (secondary N) is 1. The van der Waals surface area contributed by atoms with Crippen LogP contribution in [0.1, 0.15) is 17.0 Å². The van der Waals surface area contributed by atoms with Gasteiger partial charge < -0.3 is 14.0 Å². The number of hydrogen-bond donors (Lipinski definition) is 1. The number of aryl methyl sites for hydroxylation is 1. The Kier molecular flexibility index (Phi) is 9.32. The van der Waals surface area contributed by atoms with Gasteiger partial charge in [-0.05, 0) is 84.3 Å². The van der Waals surface area contributed by atoms with Gasteiger partial charge in [-0.25, -0.2) is 13.4 Å². The third-order valence-corrected chi connectivity index (χ3v) is 10.7. The standard InChI is InChI=1S/C33H29ClN4O6S2/c1-37-29-20-26(44-25-13-7-22(8-14-25)17-18-38(34)46(41,42)27-5-3-2-4-6-27)15-16-28(29)35-31(37)21-43-24-11-9-23(10-12-24)19-30-32(39)36-33(40)45-30/h2-16,20,30H,17-19,21H2,1H3,(H,36,39,40). The first kappa shape index (κ1) is 31.6. The maximum absolute atomic E-state index is 12.6. The second kappa shape index (κ2) is 13.6. The fourth-order valence-electron chi connectivity index (χ4n) is 4.93. The molecule has 1 saturated heterocycles. The molecule has 1 unspecified atom stereocenters. The summed E-state index contributed by atoms with van der Waals surface area (Å²) in [6.45, 7) is 0.375. The lowest BCUT2D eigenvalue weighted by atomic mass is 10.1. The van der Waals surface area contributed by atoms with E-state index in [2.05, 4.69) is 5.32 Å². The number of fused-ring (bicyclic) bond motifs is 1. The molecule has 1 fully saturated rings. The Hall–Kier alpha value is -4.36. The molecule has 1 aromatic heterocycles. The summed E-state index contributed by atoms with van der Waals surface area (Å²) in [4.78, 5) is 28.1. The van der Waals surface area contributed by atoms with E-state index < -0.39 is 15.3 Å². The predicted molar refractivity (Wildman–Crippen MR) is 177 cm³/mol. The molecule has 13 heteroatoms. The zero-order valence-electron chi connectivity index (χ0n) is 24.6. The molecule has 0 aliphatic carbocycles. The van der Waals surface area contributed by atoms with Crippen molar-refractivity contribution in [3.63, 3.8) is 0 Å². The molecule has 0 radical (unpaired) electrons. The molecule has 236 valence electrons. The average Bonchev–Trinajstić information content (AvgIpc) is 3.56. The third-order valence-electron chi connectivity index (χ3n) is 7.46. The highest BCUT2D eigenvalue weighted by Crippen LogP contribution is 2.28. The molecule has 1 aliphatic heterocycles. The van der Waals surface area contributed by atoms with E-state index in [9.17, 15) is 18.0 Å². The van der Waals surface area contributed by atoms with Gasteiger partial charge in [0.1, 0.15) is 29.7 Å². The van der Waals surface area contributed by atoms with Crippen molar-refractivity contribution in [1.82, 2.24) is 18.7 Å². The van der Waals surface area contributed by atoms with E-state index in [0.717, 1.165) is 43.6 Å². The average molecular weight is 677 g/mol. The molecular weight excluding hydrogens is 648 g/mol. The predicted octanol–water partition coefficient (Wildman–Crippen LogP) is 6.23. The minimum atomic E-state index is -3.77. The lowest BCUT2D eigenvalue weighted by molar-refractivity contribution is -0.118. The van der Waals surface area contributed by atoms with Gasteiger partial charge in [0, 0.05) is 19.7 Å². The number of benzene rings is 4. The molecule has 1 atom stereocenters. The van der Waals surface area contributed by atoms with E-state index in [1.54, 1.807) is 18.2 Å². The summed E-state index contributed by atoms with van der Waals surface area (Å²) in [5.41, 5.74) is 3.54. The molecule has 0 spiro atoms. The van der Waals surface area contributed by atoms with Crippen LogP contribution in [-0.4, -0.2) is 44.7 Å². The number of hydrogen-bond acceptors (Lipinski definition) is 8. The summed E-state index contributed by atoms with van der Waals surface area (Å²) in [5.74, 6) is 2.42. The smallest absolute Gasteiger partial charge is 0.286 e. The number of nitrogens with zero attached hydrogens (tertiary/aromatic N) is 3. The Labute approximate surface area is 275 Å². The van der Waals surface area contributed by atoms with E-state index in [1.807, 2.05) is 78.3 Å². The van der Waals surface area contributed by atoms with E-state index in [0.29, 0.717) is 30.1 Å². The normalized spacial score (nSPS) is 15.0. The molecule has 10 nitrogen and oxygen atoms in total. The van der Waals surface area contributed by atoms with Crippen LogP contribution in [0.25, 0.3) is 11.0 Å². The summed E-state index contributed by atoms with van der Waals surface area (Å²) in [7, 11) is -1.85. The van der Waals surface area contributed by atoms with E-state index in [4.69, 9.17) is 26.2 Å². The molecular formula is C33H29ClN4O6S2. The number of amides is 2. The molecule has 0 saturated carbocycles. The Bertz CT molecular complexity index is 1990. The molecule has 2 heterocycles. The van der Waals surface area contributed by atoms with Crippen molar-refractivity contribution >= 4 is 55.7 Å². The third kappa shape index (κ3) is 7.20. The fourth-order valence-corrected chi connectivity index (χ4v) is 7.17. The number of aromatic nitrogens is 2. The SMILES string of the molecule is Cn1c(COc2ccc(CC3SC(=O)NC3=O)cc2)nc2ccc(Oc3ccc(CCN(Cl)S(=O)(=O)c4ccccc4)cc3)cc21. The number of halogens is 1. The molecule has 6 rings (SSSR count). The maximum Gasteiger partial charge on any atom is 0.286 e. The van der Waals surface area contributed by atoms with Gasteiger partial charge >= 0.3 is 0 Å². The Morgan fingerprint density at radius 2 is 1.59 bits per heavy atom. The molecule has 1 N–H and O–H groups in total. The molecule has 5 aromatic rings. The quantitative estimate of drug-likeness (QED) is 0.155. The van der Waals surface area contributed by atoms with Crippen molar-refractivity contribution in [1.29, 1.82) is 0 Å². The van der Waals surface area contributed by atoms with E-state index >= 15 is 0 Å². The van der Waals surface area contributed by atoms with E-state index in [-0.39, 0.29) is 29.2 Å². The Morgan fingerprint density at radius 3 is 2.28 bits per heavy atom. The van der Waals surface area contributed by atoms with Crippen molar-refractivity contribution in [2.75, 3.05) is 6.54 Å². The largest absolute Gasteiger partial charge is 0.486 e. The number of sulfonamides is 1. The number of ether oxygens (including phenoxy) is 2. The highest BCUT2D eigenvalue weighted by molar-refractivity contribution is 8.15. The highest BCUT2D eigenvalue weighted by Gasteiger charge is 2.31. The molecule has 2 amide bonds. The summed E-state index contributed by atoms with van der Waals surface area (Å²) in [5, 5.41) is 1.59. The van der Waals surface area contributed by atoms with Crippen LogP contribution in [0.2, 0.25) is 0 Å². The number of imidazole rings is 1. The van der Waals surface area contributed by atoms with Gasteiger partial charge in [0.05, 0.1) is 21.2 Å². The van der Waals surface area contributed by atoms with Crippen molar-refractivity contribution in [2.24, 2.45) is 7.05 Å². The lowest BCUT2D eigenvalue weighted by Gasteiger charge is -2.14. The first-order valence-electron chi connectivity index (χ1n) is 14.3. The number of carbonyl (C=O) groups excluding carboxylic acids is 2. The van der Waals surface area contributed by atoms with Crippen molar-refractivity contribution in [3.05, 3.63) is 114 Å². The summed E-state index contributed by atoms with van der Waals surface area (Å²) in [6.07, 6.45) is 0.905.